The fourth-order valence-corrected chi connectivity index (χ4v) is 1.64. The molecule has 2 aromatic heterocycles. The Bertz CT molecular complexity index is 421. The van der Waals surface area contributed by atoms with E-state index >= 15 is 0 Å². The number of rotatable bonds is 3. The molecular formula is C9H10BrN3O. The zero-order chi connectivity index (χ0) is 9.97. The number of halogens is 1. The predicted molar refractivity (Wildman–Crippen MR) is 55.8 cm³/mol. The number of nitrogens with one attached hydrogen (secondary N) is 1. The first-order chi connectivity index (χ1) is 6.81. The Morgan fingerprint density at radius 3 is 3.07 bits per heavy atom. The molecule has 0 unspecified atom stereocenters. The summed E-state index contributed by atoms with van der Waals surface area (Å²) < 4.78 is 5.78. The number of aromatic amines is 1. The van der Waals surface area contributed by atoms with Gasteiger partial charge in [-0.3, -0.25) is 5.10 Å². The van der Waals surface area contributed by atoms with Gasteiger partial charge in [0.25, 0.3) is 0 Å². The van der Waals surface area contributed by atoms with Crippen LogP contribution in [0.4, 0.5) is 0 Å². The van der Waals surface area contributed by atoms with Crippen LogP contribution in [0, 0.1) is 0 Å². The van der Waals surface area contributed by atoms with Crippen molar-refractivity contribution in [1.82, 2.24) is 15.2 Å². The Kier molecular flexibility index (Phi) is 2.67. The normalized spacial score (nSPS) is 10.7. The summed E-state index contributed by atoms with van der Waals surface area (Å²) in [6.07, 6.45) is 3.58. The maximum absolute atomic E-state index is 5.11. The van der Waals surface area contributed by atoms with Gasteiger partial charge in [-0.15, -0.1) is 0 Å². The summed E-state index contributed by atoms with van der Waals surface area (Å²) in [5.74, 6) is 1.59. The van der Waals surface area contributed by atoms with Crippen LogP contribution in [-0.2, 0) is 6.42 Å². The molecule has 0 spiro atoms. The summed E-state index contributed by atoms with van der Waals surface area (Å²) in [6, 6.07) is 1.84. The molecule has 4 nitrogen and oxygen atoms in total. The summed E-state index contributed by atoms with van der Waals surface area (Å²) in [5, 5.41) is 7.01. The van der Waals surface area contributed by atoms with Crippen LogP contribution in [0.1, 0.15) is 19.2 Å². The van der Waals surface area contributed by atoms with Crippen LogP contribution in [0.15, 0.2) is 21.4 Å². The molecule has 2 heterocycles. The minimum absolute atomic E-state index is 0.666. The van der Waals surface area contributed by atoms with Crippen LogP contribution in [0.5, 0.6) is 0 Å². The van der Waals surface area contributed by atoms with E-state index in [4.69, 9.17) is 4.42 Å². The fraction of sp³-hybridized carbons (Fsp3) is 0.333. The molecule has 0 aromatic carbocycles. The van der Waals surface area contributed by atoms with Crippen molar-refractivity contribution in [2.75, 3.05) is 0 Å². The molecule has 2 rings (SSSR count). The van der Waals surface area contributed by atoms with Crippen LogP contribution in [-0.4, -0.2) is 15.2 Å². The smallest absolute Gasteiger partial charge is 0.185 e. The lowest BCUT2D eigenvalue weighted by Crippen LogP contribution is -1.85. The molecule has 0 saturated carbocycles. The zero-order valence-electron chi connectivity index (χ0n) is 7.75. The lowest BCUT2D eigenvalue weighted by Gasteiger charge is -1.88. The van der Waals surface area contributed by atoms with Crippen molar-refractivity contribution < 1.29 is 4.42 Å². The third kappa shape index (κ3) is 1.72. The number of H-pyrrole nitrogens is 1. The van der Waals surface area contributed by atoms with E-state index in [1.54, 1.807) is 6.26 Å². The molecule has 0 amide bonds. The lowest BCUT2D eigenvalue weighted by molar-refractivity contribution is 0.542. The van der Waals surface area contributed by atoms with E-state index in [9.17, 15) is 0 Å². The van der Waals surface area contributed by atoms with Gasteiger partial charge in [-0.25, -0.2) is 4.98 Å². The van der Waals surface area contributed by atoms with E-state index in [0.29, 0.717) is 10.5 Å². The first-order valence-electron chi connectivity index (χ1n) is 4.46. The van der Waals surface area contributed by atoms with Crippen LogP contribution in [0.25, 0.3) is 11.4 Å². The maximum atomic E-state index is 5.11. The van der Waals surface area contributed by atoms with E-state index in [-0.39, 0.29) is 0 Å². The Morgan fingerprint density at radius 2 is 2.43 bits per heavy atom. The Labute approximate surface area is 89.9 Å². The van der Waals surface area contributed by atoms with Gasteiger partial charge in [-0.05, 0) is 28.4 Å². The van der Waals surface area contributed by atoms with E-state index in [2.05, 4.69) is 38.0 Å². The molecular weight excluding hydrogens is 246 g/mol. The van der Waals surface area contributed by atoms with Gasteiger partial charge in [-0.2, -0.15) is 5.10 Å². The molecule has 0 atom stereocenters. The number of hydrogen-bond donors (Lipinski definition) is 1. The molecule has 0 aliphatic rings. The predicted octanol–water partition coefficient (Wildman–Crippen LogP) is 2.78. The third-order valence-corrected chi connectivity index (χ3v) is 2.49. The van der Waals surface area contributed by atoms with Gasteiger partial charge in [-0.1, -0.05) is 6.92 Å². The van der Waals surface area contributed by atoms with Crippen molar-refractivity contribution in [3.8, 4) is 11.4 Å². The molecule has 0 bridgehead atoms. The van der Waals surface area contributed by atoms with Crippen molar-refractivity contribution in [2.45, 2.75) is 19.8 Å². The number of aromatic nitrogens is 3. The van der Waals surface area contributed by atoms with Crippen molar-refractivity contribution in [3.05, 3.63) is 22.8 Å². The molecule has 0 aliphatic heterocycles. The molecule has 74 valence electrons. The van der Waals surface area contributed by atoms with Gasteiger partial charge in [0.2, 0.25) is 0 Å². The van der Waals surface area contributed by atoms with Crippen molar-refractivity contribution >= 4 is 15.9 Å². The van der Waals surface area contributed by atoms with Gasteiger partial charge >= 0.3 is 0 Å². The van der Waals surface area contributed by atoms with E-state index in [1.165, 1.54) is 0 Å². The van der Waals surface area contributed by atoms with Gasteiger partial charge < -0.3 is 4.42 Å². The molecule has 14 heavy (non-hydrogen) atoms. The first kappa shape index (κ1) is 9.45. The topological polar surface area (TPSA) is 54.7 Å². The second kappa shape index (κ2) is 3.96. The molecule has 1 N–H and O–H groups in total. The van der Waals surface area contributed by atoms with E-state index in [1.807, 2.05) is 6.07 Å². The number of aryl methyl sites for hydroxylation is 1. The van der Waals surface area contributed by atoms with Crippen molar-refractivity contribution in [2.24, 2.45) is 0 Å². The average Bonchev–Trinajstić information content (AvgIpc) is 2.74. The fourth-order valence-electron chi connectivity index (χ4n) is 1.22. The highest BCUT2D eigenvalue weighted by Crippen LogP contribution is 2.26. The monoisotopic (exact) mass is 255 g/mol. The molecule has 0 fully saturated rings. The summed E-state index contributed by atoms with van der Waals surface area (Å²) >= 11 is 3.29. The molecule has 0 saturated heterocycles. The van der Waals surface area contributed by atoms with Crippen LogP contribution in [0.2, 0.25) is 0 Å². The van der Waals surface area contributed by atoms with Gasteiger partial charge in [0.05, 0.1) is 11.8 Å². The Hall–Kier alpha value is -1.10. The maximum Gasteiger partial charge on any atom is 0.185 e. The van der Waals surface area contributed by atoms with Gasteiger partial charge in [0.1, 0.15) is 5.82 Å². The van der Waals surface area contributed by atoms with Crippen LogP contribution < -0.4 is 0 Å². The number of hydrogen-bond acceptors (Lipinski definition) is 3. The van der Waals surface area contributed by atoms with Crippen LogP contribution in [0.3, 0.4) is 0 Å². The van der Waals surface area contributed by atoms with Crippen LogP contribution >= 0.6 is 15.9 Å². The second-order valence-electron chi connectivity index (χ2n) is 2.96. The SMILES string of the molecule is CCCc1nc(-c2ccoc2Br)n[nH]1. The van der Waals surface area contributed by atoms with Gasteiger partial charge in [0, 0.05) is 6.42 Å². The van der Waals surface area contributed by atoms with Crippen molar-refractivity contribution in [3.63, 3.8) is 0 Å². The highest BCUT2D eigenvalue weighted by molar-refractivity contribution is 9.10. The number of nitrogens with zero attached hydrogens (tertiary/aromatic N) is 2. The number of furan rings is 1. The van der Waals surface area contributed by atoms with Gasteiger partial charge in [0.15, 0.2) is 10.5 Å². The molecule has 5 heteroatoms. The van der Waals surface area contributed by atoms with E-state index in [0.717, 1.165) is 24.2 Å². The Morgan fingerprint density at radius 1 is 1.57 bits per heavy atom. The summed E-state index contributed by atoms with van der Waals surface area (Å²) in [5.41, 5.74) is 0.878. The van der Waals surface area contributed by atoms with Crippen molar-refractivity contribution in [1.29, 1.82) is 0 Å². The summed E-state index contributed by atoms with van der Waals surface area (Å²) in [7, 11) is 0. The molecule has 2 aromatic rings. The first-order valence-corrected chi connectivity index (χ1v) is 5.25. The minimum Gasteiger partial charge on any atom is -0.457 e. The Balaban J connectivity index is 2.29. The molecule has 0 aliphatic carbocycles. The standard InChI is InChI=1S/C9H10BrN3O/c1-2-3-7-11-9(13-12-7)6-4-5-14-8(6)10/h4-5H,2-3H2,1H3,(H,11,12,13). The summed E-state index contributed by atoms with van der Waals surface area (Å²) in [6.45, 7) is 2.11. The van der Waals surface area contributed by atoms with E-state index < -0.39 is 0 Å². The average molecular weight is 256 g/mol. The summed E-state index contributed by atoms with van der Waals surface area (Å²) in [4.78, 5) is 4.35. The quantitative estimate of drug-likeness (QED) is 0.918. The largest absolute Gasteiger partial charge is 0.457 e. The molecule has 0 radical (unpaired) electrons. The zero-order valence-corrected chi connectivity index (χ0v) is 9.34. The minimum atomic E-state index is 0.666. The highest BCUT2D eigenvalue weighted by Gasteiger charge is 2.10. The third-order valence-electron chi connectivity index (χ3n) is 1.88. The lowest BCUT2D eigenvalue weighted by atomic mass is 10.3. The highest BCUT2D eigenvalue weighted by atomic mass is 79.9. The second-order valence-corrected chi connectivity index (χ2v) is 3.68.